The van der Waals surface area contributed by atoms with Crippen LogP contribution in [-0.2, 0) is 6.54 Å². The van der Waals surface area contributed by atoms with E-state index in [1.54, 1.807) is 0 Å². The molecular formula is C14H14BFN2O3. The van der Waals surface area contributed by atoms with Gasteiger partial charge < -0.3 is 20.7 Å². The van der Waals surface area contributed by atoms with Crippen LogP contribution in [0.1, 0.15) is 5.56 Å². The fourth-order valence-electron chi connectivity index (χ4n) is 1.77. The van der Waals surface area contributed by atoms with Crippen molar-refractivity contribution >= 4 is 24.3 Å². The summed E-state index contributed by atoms with van der Waals surface area (Å²) in [6, 6.07) is 12.5. The van der Waals surface area contributed by atoms with Crippen LogP contribution in [0.2, 0.25) is 0 Å². The molecule has 21 heavy (non-hydrogen) atoms. The molecule has 7 heteroatoms. The fraction of sp³-hybridized carbons (Fsp3) is 0.0714. The molecule has 0 bridgehead atoms. The number of nitrogens with one attached hydrogen (secondary N) is 2. The van der Waals surface area contributed by atoms with E-state index in [2.05, 4.69) is 10.6 Å². The molecule has 108 valence electrons. The van der Waals surface area contributed by atoms with Gasteiger partial charge in [0.25, 0.3) is 0 Å². The highest BCUT2D eigenvalue weighted by Crippen LogP contribution is 2.08. The van der Waals surface area contributed by atoms with Crippen molar-refractivity contribution in [2.24, 2.45) is 0 Å². The van der Waals surface area contributed by atoms with E-state index in [1.807, 2.05) is 30.3 Å². The standard InChI is InChI=1S/C14H14BFN2O3/c16-13-8-11(6-7-12(13)15(20)21)18-14(19)17-9-10-4-2-1-3-5-10/h1-8,20-21H,9H2,(H2,17,18,19). The van der Waals surface area contributed by atoms with Crippen molar-refractivity contribution in [2.45, 2.75) is 6.54 Å². The van der Waals surface area contributed by atoms with Gasteiger partial charge >= 0.3 is 13.1 Å². The monoisotopic (exact) mass is 288 g/mol. The Morgan fingerprint density at radius 2 is 1.86 bits per heavy atom. The molecule has 4 N–H and O–H groups in total. The van der Waals surface area contributed by atoms with Crippen molar-refractivity contribution < 1.29 is 19.2 Å². The van der Waals surface area contributed by atoms with E-state index in [9.17, 15) is 9.18 Å². The van der Waals surface area contributed by atoms with Gasteiger partial charge in [0.05, 0.1) is 0 Å². The minimum absolute atomic E-state index is 0.225. The van der Waals surface area contributed by atoms with Gasteiger partial charge in [-0.25, -0.2) is 9.18 Å². The van der Waals surface area contributed by atoms with E-state index in [0.717, 1.165) is 11.6 Å². The van der Waals surface area contributed by atoms with Crippen LogP contribution in [0.5, 0.6) is 0 Å². The fourth-order valence-corrected chi connectivity index (χ4v) is 1.77. The van der Waals surface area contributed by atoms with E-state index in [1.165, 1.54) is 12.1 Å². The molecule has 0 saturated heterocycles. The summed E-state index contributed by atoms with van der Waals surface area (Å²) in [7, 11) is -1.88. The van der Waals surface area contributed by atoms with Crippen LogP contribution >= 0.6 is 0 Å². The maximum atomic E-state index is 13.5. The minimum atomic E-state index is -1.88. The summed E-state index contributed by atoms with van der Waals surface area (Å²) in [5.41, 5.74) is 0.922. The zero-order valence-electron chi connectivity index (χ0n) is 11.1. The molecule has 0 heterocycles. The second kappa shape index (κ2) is 6.87. The Morgan fingerprint density at radius 1 is 1.14 bits per heavy atom. The Hall–Kier alpha value is -2.38. The second-order valence-corrected chi connectivity index (χ2v) is 4.40. The number of carbonyl (C=O) groups excluding carboxylic acids is 1. The summed E-state index contributed by atoms with van der Waals surface area (Å²) < 4.78 is 13.5. The van der Waals surface area contributed by atoms with Crippen LogP contribution in [0.4, 0.5) is 14.9 Å². The molecule has 0 aromatic heterocycles. The summed E-state index contributed by atoms with van der Waals surface area (Å²) in [5, 5.41) is 22.9. The normalized spacial score (nSPS) is 10.0. The summed E-state index contributed by atoms with van der Waals surface area (Å²) in [6.07, 6.45) is 0. The van der Waals surface area contributed by atoms with Gasteiger partial charge in [-0.15, -0.1) is 0 Å². The number of hydrogen-bond donors (Lipinski definition) is 4. The molecule has 2 rings (SSSR count). The molecule has 0 aliphatic carbocycles. The Labute approximate surface area is 121 Å². The SMILES string of the molecule is O=C(NCc1ccccc1)Nc1ccc(B(O)O)c(F)c1. The van der Waals surface area contributed by atoms with Gasteiger partial charge in [0, 0.05) is 17.7 Å². The quantitative estimate of drug-likeness (QED) is 0.629. The van der Waals surface area contributed by atoms with Crippen LogP contribution in [0.3, 0.4) is 0 Å². The largest absolute Gasteiger partial charge is 0.491 e. The van der Waals surface area contributed by atoms with E-state index in [-0.39, 0.29) is 11.2 Å². The Morgan fingerprint density at radius 3 is 2.48 bits per heavy atom. The zero-order chi connectivity index (χ0) is 15.2. The minimum Gasteiger partial charge on any atom is -0.423 e. The van der Waals surface area contributed by atoms with Crippen molar-refractivity contribution in [3.63, 3.8) is 0 Å². The lowest BCUT2D eigenvalue weighted by molar-refractivity contribution is 0.251. The van der Waals surface area contributed by atoms with E-state index in [4.69, 9.17) is 10.0 Å². The highest BCUT2D eigenvalue weighted by atomic mass is 19.1. The smallest absolute Gasteiger partial charge is 0.423 e. The lowest BCUT2D eigenvalue weighted by Crippen LogP contribution is -2.33. The zero-order valence-corrected chi connectivity index (χ0v) is 11.1. The highest BCUT2D eigenvalue weighted by Gasteiger charge is 2.16. The summed E-state index contributed by atoms with van der Waals surface area (Å²) in [4.78, 5) is 11.7. The molecule has 0 saturated carbocycles. The van der Waals surface area contributed by atoms with E-state index in [0.29, 0.717) is 6.54 Å². The summed E-state index contributed by atoms with van der Waals surface area (Å²) in [6.45, 7) is 0.350. The first-order valence-corrected chi connectivity index (χ1v) is 6.30. The van der Waals surface area contributed by atoms with Gasteiger partial charge in [-0.05, 0) is 17.7 Å². The molecule has 2 amide bonds. The first kappa shape index (κ1) is 15.0. The maximum absolute atomic E-state index is 13.5. The second-order valence-electron chi connectivity index (χ2n) is 4.40. The number of urea groups is 1. The van der Waals surface area contributed by atoms with Crippen LogP contribution in [-0.4, -0.2) is 23.2 Å². The first-order chi connectivity index (χ1) is 10.1. The van der Waals surface area contributed by atoms with Gasteiger partial charge in [-0.2, -0.15) is 0 Å². The molecule has 2 aromatic rings. The number of amides is 2. The van der Waals surface area contributed by atoms with Crippen molar-refractivity contribution in [2.75, 3.05) is 5.32 Å². The average Bonchev–Trinajstić information content (AvgIpc) is 2.46. The molecule has 2 aromatic carbocycles. The van der Waals surface area contributed by atoms with Crippen molar-refractivity contribution in [3.05, 3.63) is 59.9 Å². The number of hydrogen-bond acceptors (Lipinski definition) is 3. The number of halogens is 1. The molecule has 0 aliphatic rings. The Balaban J connectivity index is 1.92. The summed E-state index contributed by atoms with van der Waals surface area (Å²) >= 11 is 0. The Bertz CT molecular complexity index is 623. The van der Waals surface area contributed by atoms with Crippen LogP contribution in [0.15, 0.2) is 48.5 Å². The molecule has 0 radical (unpaired) electrons. The van der Waals surface area contributed by atoms with E-state index < -0.39 is 19.0 Å². The molecule has 0 unspecified atom stereocenters. The molecule has 0 fully saturated rings. The predicted molar refractivity (Wildman–Crippen MR) is 78.5 cm³/mol. The van der Waals surface area contributed by atoms with Crippen molar-refractivity contribution in [1.29, 1.82) is 0 Å². The van der Waals surface area contributed by atoms with Gasteiger partial charge in [-0.1, -0.05) is 36.4 Å². The molecular weight excluding hydrogens is 274 g/mol. The maximum Gasteiger partial charge on any atom is 0.491 e. The van der Waals surface area contributed by atoms with Crippen molar-refractivity contribution in [1.82, 2.24) is 5.32 Å². The Kier molecular flexibility index (Phi) is 4.92. The van der Waals surface area contributed by atoms with Gasteiger partial charge in [0.2, 0.25) is 0 Å². The summed E-state index contributed by atoms with van der Waals surface area (Å²) in [5.74, 6) is -0.800. The molecule has 0 spiro atoms. The van der Waals surface area contributed by atoms with Crippen LogP contribution in [0.25, 0.3) is 0 Å². The number of rotatable bonds is 4. The number of anilines is 1. The first-order valence-electron chi connectivity index (χ1n) is 6.30. The van der Waals surface area contributed by atoms with E-state index >= 15 is 0 Å². The van der Waals surface area contributed by atoms with Crippen LogP contribution < -0.4 is 16.1 Å². The lowest BCUT2D eigenvalue weighted by atomic mass is 9.80. The molecule has 0 atom stereocenters. The molecule has 0 aliphatic heterocycles. The van der Waals surface area contributed by atoms with Gasteiger partial charge in [0.15, 0.2) is 0 Å². The third-order valence-electron chi connectivity index (χ3n) is 2.83. The molecule has 5 nitrogen and oxygen atoms in total. The van der Waals surface area contributed by atoms with Crippen LogP contribution in [0, 0.1) is 5.82 Å². The predicted octanol–water partition coefficient (Wildman–Crippen LogP) is 0.827. The highest BCUT2D eigenvalue weighted by molar-refractivity contribution is 6.58. The van der Waals surface area contributed by atoms with Gasteiger partial charge in [0.1, 0.15) is 5.82 Å². The third-order valence-corrected chi connectivity index (χ3v) is 2.83. The average molecular weight is 288 g/mol. The lowest BCUT2D eigenvalue weighted by Gasteiger charge is -2.09. The number of benzene rings is 2. The topological polar surface area (TPSA) is 81.6 Å². The van der Waals surface area contributed by atoms with Crippen molar-refractivity contribution in [3.8, 4) is 0 Å². The third kappa shape index (κ3) is 4.30. The number of carbonyl (C=O) groups is 1. The van der Waals surface area contributed by atoms with Gasteiger partial charge in [-0.3, -0.25) is 0 Å².